The largest absolute Gasteiger partial charge is 0.478 e. The van der Waals surface area contributed by atoms with Crippen LogP contribution < -0.4 is 5.32 Å². The molecule has 2 aromatic rings. The number of aryl methyl sites for hydroxylation is 1. The molecule has 0 saturated heterocycles. The van der Waals surface area contributed by atoms with Crippen LogP contribution in [0.15, 0.2) is 28.7 Å². The van der Waals surface area contributed by atoms with E-state index in [1.165, 1.54) is 19.1 Å². The van der Waals surface area contributed by atoms with Gasteiger partial charge in [0, 0.05) is 6.07 Å². The molecule has 0 aliphatic heterocycles. The summed E-state index contributed by atoms with van der Waals surface area (Å²) in [4.78, 5) is 10.8. The van der Waals surface area contributed by atoms with E-state index in [4.69, 9.17) is 9.52 Å². The monoisotopic (exact) mass is 267 g/mol. The van der Waals surface area contributed by atoms with Crippen molar-refractivity contribution in [3.63, 3.8) is 0 Å². The van der Waals surface area contributed by atoms with Gasteiger partial charge in [0.05, 0.1) is 12.2 Å². The van der Waals surface area contributed by atoms with Crippen LogP contribution in [0.5, 0.6) is 0 Å². The standard InChI is InChI=1S/C13H11F2NO3/c1-7-10(13(17)18)5-9(19-7)6-16-12-3-2-8(14)4-11(12)15/h2-5,16H,6H2,1H3,(H,17,18). The van der Waals surface area contributed by atoms with Crippen molar-refractivity contribution in [2.45, 2.75) is 13.5 Å². The molecular formula is C13H11F2NO3. The van der Waals surface area contributed by atoms with E-state index in [0.717, 1.165) is 12.1 Å². The molecule has 0 spiro atoms. The Balaban J connectivity index is 2.10. The molecule has 0 aliphatic rings. The maximum absolute atomic E-state index is 13.3. The van der Waals surface area contributed by atoms with Gasteiger partial charge in [0.15, 0.2) is 0 Å². The third kappa shape index (κ3) is 2.90. The van der Waals surface area contributed by atoms with Gasteiger partial charge >= 0.3 is 5.97 Å². The van der Waals surface area contributed by atoms with Gasteiger partial charge in [-0.2, -0.15) is 0 Å². The van der Waals surface area contributed by atoms with Crippen molar-refractivity contribution >= 4 is 11.7 Å². The van der Waals surface area contributed by atoms with Crippen molar-refractivity contribution in [3.05, 3.63) is 53.0 Å². The summed E-state index contributed by atoms with van der Waals surface area (Å²) in [5, 5.41) is 11.6. The quantitative estimate of drug-likeness (QED) is 0.893. The first-order valence-corrected chi connectivity index (χ1v) is 5.49. The number of halogens is 2. The summed E-state index contributed by atoms with van der Waals surface area (Å²) in [7, 11) is 0. The molecule has 0 fully saturated rings. The molecular weight excluding hydrogens is 256 g/mol. The summed E-state index contributed by atoms with van der Waals surface area (Å²) in [5.41, 5.74) is 0.184. The van der Waals surface area contributed by atoms with E-state index >= 15 is 0 Å². The second kappa shape index (κ2) is 5.09. The first-order chi connectivity index (χ1) is 8.97. The minimum Gasteiger partial charge on any atom is -0.478 e. The predicted octanol–water partition coefficient (Wildman–Crippen LogP) is 3.18. The Labute approximate surface area is 107 Å². The van der Waals surface area contributed by atoms with E-state index in [1.807, 2.05) is 0 Å². The number of nitrogens with one attached hydrogen (secondary N) is 1. The van der Waals surface area contributed by atoms with Crippen molar-refractivity contribution in [2.75, 3.05) is 5.32 Å². The zero-order valence-electron chi connectivity index (χ0n) is 10.0. The number of carboxylic acid groups (broad SMARTS) is 1. The number of rotatable bonds is 4. The van der Waals surface area contributed by atoms with Gasteiger partial charge in [0.2, 0.25) is 0 Å². The van der Waals surface area contributed by atoms with Crippen LogP contribution in [0.25, 0.3) is 0 Å². The van der Waals surface area contributed by atoms with Gasteiger partial charge in [-0.15, -0.1) is 0 Å². The van der Waals surface area contributed by atoms with Gasteiger partial charge in [0.1, 0.15) is 28.7 Å². The minimum atomic E-state index is -1.08. The zero-order valence-corrected chi connectivity index (χ0v) is 10.0. The molecule has 0 radical (unpaired) electrons. The van der Waals surface area contributed by atoms with Crippen molar-refractivity contribution in [1.29, 1.82) is 0 Å². The van der Waals surface area contributed by atoms with E-state index < -0.39 is 17.6 Å². The van der Waals surface area contributed by atoms with Crippen LogP contribution in [0.3, 0.4) is 0 Å². The number of hydrogen-bond donors (Lipinski definition) is 2. The Morgan fingerprint density at radius 1 is 1.37 bits per heavy atom. The molecule has 0 bridgehead atoms. The van der Waals surface area contributed by atoms with Crippen molar-refractivity contribution in [3.8, 4) is 0 Å². The third-order valence-electron chi connectivity index (χ3n) is 2.58. The smallest absolute Gasteiger partial charge is 0.339 e. The molecule has 19 heavy (non-hydrogen) atoms. The Morgan fingerprint density at radius 3 is 2.68 bits per heavy atom. The van der Waals surface area contributed by atoms with Crippen LogP contribution in [0.2, 0.25) is 0 Å². The topological polar surface area (TPSA) is 62.5 Å². The Kier molecular flexibility index (Phi) is 3.50. The summed E-state index contributed by atoms with van der Waals surface area (Å²) in [5.74, 6) is -1.82. The van der Waals surface area contributed by atoms with Crippen LogP contribution >= 0.6 is 0 Å². The number of furan rings is 1. The van der Waals surface area contributed by atoms with Crippen molar-refractivity contribution < 1.29 is 23.1 Å². The van der Waals surface area contributed by atoms with E-state index in [2.05, 4.69) is 5.32 Å². The summed E-state index contributed by atoms with van der Waals surface area (Å²) in [6.45, 7) is 1.64. The molecule has 0 aliphatic carbocycles. The SMILES string of the molecule is Cc1oc(CNc2ccc(F)cc2F)cc1C(=O)O. The van der Waals surface area contributed by atoms with E-state index in [0.29, 0.717) is 5.76 Å². The number of anilines is 1. The number of carboxylic acids is 1. The molecule has 1 aromatic heterocycles. The fourth-order valence-electron chi connectivity index (χ4n) is 1.66. The highest BCUT2D eigenvalue weighted by atomic mass is 19.1. The average Bonchev–Trinajstić information content (AvgIpc) is 2.69. The van der Waals surface area contributed by atoms with Gasteiger partial charge in [-0.1, -0.05) is 0 Å². The van der Waals surface area contributed by atoms with Crippen molar-refractivity contribution in [2.24, 2.45) is 0 Å². The fourth-order valence-corrected chi connectivity index (χ4v) is 1.66. The average molecular weight is 267 g/mol. The van der Waals surface area contributed by atoms with E-state index in [1.54, 1.807) is 0 Å². The first kappa shape index (κ1) is 13.1. The van der Waals surface area contributed by atoms with Crippen molar-refractivity contribution in [1.82, 2.24) is 0 Å². The first-order valence-electron chi connectivity index (χ1n) is 5.49. The number of carbonyl (C=O) groups is 1. The van der Waals surface area contributed by atoms with Crippen LogP contribution in [0, 0.1) is 18.6 Å². The van der Waals surface area contributed by atoms with Gasteiger partial charge in [-0.3, -0.25) is 0 Å². The summed E-state index contributed by atoms with van der Waals surface area (Å²) < 4.78 is 31.3. The highest BCUT2D eigenvalue weighted by Crippen LogP contribution is 2.18. The lowest BCUT2D eigenvalue weighted by Crippen LogP contribution is -2.01. The predicted molar refractivity (Wildman–Crippen MR) is 64.1 cm³/mol. The second-order valence-electron chi connectivity index (χ2n) is 3.97. The molecule has 0 amide bonds. The number of hydrogen-bond acceptors (Lipinski definition) is 3. The maximum Gasteiger partial charge on any atom is 0.339 e. The molecule has 0 unspecified atom stereocenters. The van der Waals surface area contributed by atoms with Gasteiger partial charge in [-0.25, -0.2) is 13.6 Å². The lowest BCUT2D eigenvalue weighted by molar-refractivity contribution is 0.0695. The molecule has 100 valence electrons. The molecule has 4 nitrogen and oxygen atoms in total. The third-order valence-corrected chi connectivity index (χ3v) is 2.58. The molecule has 0 saturated carbocycles. The van der Waals surface area contributed by atoms with Gasteiger partial charge in [-0.05, 0) is 25.1 Å². The van der Waals surface area contributed by atoms with E-state index in [-0.39, 0.29) is 23.6 Å². The molecule has 2 N–H and O–H groups in total. The van der Waals surface area contributed by atoms with Gasteiger partial charge < -0.3 is 14.8 Å². The minimum absolute atomic E-state index is 0.0661. The number of benzene rings is 1. The Bertz CT molecular complexity index is 622. The van der Waals surface area contributed by atoms with Crippen LogP contribution in [0.4, 0.5) is 14.5 Å². The summed E-state index contributed by atoms with van der Waals surface area (Å²) in [6.07, 6.45) is 0. The lowest BCUT2D eigenvalue weighted by Gasteiger charge is -2.05. The lowest BCUT2D eigenvalue weighted by atomic mass is 10.2. The van der Waals surface area contributed by atoms with Crippen LogP contribution in [-0.4, -0.2) is 11.1 Å². The molecule has 0 atom stereocenters. The zero-order chi connectivity index (χ0) is 14.0. The number of aromatic carboxylic acids is 1. The Morgan fingerprint density at radius 2 is 2.11 bits per heavy atom. The second-order valence-corrected chi connectivity index (χ2v) is 3.97. The van der Waals surface area contributed by atoms with Crippen LogP contribution in [0.1, 0.15) is 21.9 Å². The van der Waals surface area contributed by atoms with Crippen LogP contribution in [-0.2, 0) is 6.54 Å². The van der Waals surface area contributed by atoms with E-state index in [9.17, 15) is 13.6 Å². The highest BCUT2D eigenvalue weighted by molar-refractivity contribution is 5.88. The summed E-state index contributed by atoms with van der Waals surface area (Å²) >= 11 is 0. The molecule has 6 heteroatoms. The molecule has 2 rings (SSSR count). The normalized spacial score (nSPS) is 10.5. The fraction of sp³-hybridized carbons (Fsp3) is 0.154. The highest BCUT2D eigenvalue weighted by Gasteiger charge is 2.13. The van der Waals surface area contributed by atoms with Gasteiger partial charge in [0.25, 0.3) is 0 Å². The summed E-state index contributed by atoms with van der Waals surface area (Å²) in [6, 6.07) is 4.52. The molecule has 1 heterocycles. The Hall–Kier alpha value is -2.37. The molecule has 1 aromatic carbocycles. The maximum atomic E-state index is 13.3.